The van der Waals surface area contributed by atoms with Gasteiger partial charge < -0.3 is 24.8 Å². The molecule has 0 saturated heterocycles. The van der Waals surface area contributed by atoms with Crippen molar-refractivity contribution in [2.75, 3.05) is 0 Å². The fourth-order valence-corrected chi connectivity index (χ4v) is 7.04. The van der Waals surface area contributed by atoms with Crippen LogP contribution in [0.2, 0.25) is 0 Å². The fraction of sp³-hybridized carbons (Fsp3) is 0.500. The molecule has 0 saturated carbocycles. The van der Waals surface area contributed by atoms with Gasteiger partial charge in [0.2, 0.25) is 0 Å². The Morgan fingerprint density at radius 1 is 1.16 bits per heavy atom. The molecule has 1 atom stereocenters. The smallest absolute Gasteiger partial charge is 1.00 e. The molecular weight excluding hydrogens is 354 g/mol. The molecule has 0 fully saturated rings. The molecule has 0 aromatic carbocycles. The Kier molecular flexibility index (Phi) is 6.84. The average molecular weight is 374 g/mol. The maximum Gasteiger partial charge on any atom is -1.00 e. The molecule has 0 amide bonds. The Morgan fingerprint density at radius 3 is 2.53 bits per heavy atom. The fourth-order valence-electron chi connectivity index (χ4n) is 3.41. The van der Waals surface area contributed by atoms with E-state index in [1.54, 1.807) is 14.4 Å². The van der Waals surface area contributed by atoms with E-state index in [1.807, 2.05) is 8.85 Å². The SMILES string of the molecule is CC1=[C]([Zr+2][C]2=CC=CC2)C(C)C2=C1CCCC2.[Cl-].[Cl-]. The third-order valence-electron chi connectivity index (χ3n) is 4.39. The standard InChI is InChI=1S/C11H15.C5H5.2ClH.Zr/c1-8-7-9(2)11-6-4-3-5-10(8)11;1-2-4-5-3-1;;;/h8H,3-6H2,1-2H3;1-3H,4H2;2*1H;/q;;;;+2/p-2. The second kappa shape index (κ2) is 7.44. The van der Waals surface area contributed by atoms with E-state index in [9.17, 15) is 0 Å². The molecule has 3 heteroatoms. The molecule has 0 radical (unpaired) electrons. The van der Waals surface area contributed by atoms with Crippen molar-refractivity contribution >= 4 is 0 Å². The van der Waals surface area contributed by atoms with Gasteiger partial charge in [0.15, 0.2) is 0 Å². The van der Waals surface area contributed by atoms with Crippen LogP contribution in [0.4, 0.5) is 0 Å². The zero-order chi connectivity index (χ0) is 11.8. The molecule has 0 aromatic rings. The van der Waals surface area contributed by atoms with E-state index >= 15 is 0 Å². The molecule has 3 aliphatic rings. The predicted molar refractivity (Wildman–Crippen MR) is 69.2 cm³/mol. The summed E-state index contributed by atoms with van der Waals surface area (Å²) in [6.45, 7) is 4.87. The largest absolute Gasteiger partial charge is 1.00 e. The summed E-state index contributed by atoms with van der Waals surface area (Å²) in [6.07, 6.45) is 13.8. The first-order valence-corrected chi connectivity index (χ1v) is 9.29. The summed E-state index contributed by atoms with van der Waals surface area (Å²) >= 11 is -0.454. The Balaban J connectivity index is 0.000000902. The van der Waals surface area contributed by atoms with Gasteiger partial charge in [-0.05, 0) is 0 Å². The zero-order valence-corrected chi connectivity index (χ0v) is 15.6. The van der Waals surface area contributed by atoms with Gasteiger partial charge in [0.1, 0.15) is 0 Å². The van der Waals surface area contributed by atoms with Gasteiger partial charge in [-0.15, -0.1) is 0 Å². The van der Waals surface area contributed by atoms with Crippen molar-refractivity contribution in [1.82, 2.24) is 0 Å². The summed E-state index contributed by atoms with van der Waals surface area (Å²) in [5.74, 6) is 0.804. The molecule has 0 nitrogen and oxygen atoms in total. The van der Waals surface area contributed by atoms with Crippen molar-refractivity contribution < 1.29 is 48.0 Å². The second-order valence-corrected chi connectivity index (χ2v) is 8.94. The molecule has 102 valence electrons. The van der Waals surface area contributed by atoms with Crippen LogP contribution < -0.4 is 24.8 Å². The summed E-state index contributed by atoms with van der Waals surface area (Å²) in [4.78, 5) is 0. The third kappa shape index (κ3) is 3.37. The van der Waals surface area contributed by atoms with E-state index < -0.39 is 23.2 Å². The summed E-state index contributed by atoms with van der Waals surface area (Å²) < 4.78 is 3.66. The number of halogens is 2. The first-order chi connectivity index (χ1) is 8.27. The van der Waals surface area contributed by atoms with Crippen LogP contribution in [0.3, 0.4) is 0 Å². The molecular formula is C16H20Cl2Zr. The molecule has 19 heavy (non-hydrogen) atoms. The minimum absolute atomic E-state index is 0. The molecule has 0 bridgehead atoms. The molecule has 0 heterocycles. The van der Waals surface area contributed by atoms with Crippen molar-refractivity contribution in [2.45, 2.75) is 46.0 Å². The van der Waals surface area contributed by atoms with Crippen LogP contribution in [0.15, 0.2) is 41.5 Å². The van der Waals surface area contributed by atoms with E-state index in [1.165, 1.54) is 32.1 Å². The van der Waals surface area contributed by atoms with Crippen LogP contribution >= 0.6 is 0 Å². The van der Waals surface area contributed by atoms with Crippen molar-refractivity contribution in [3.63, 3.8) is 0 Å². The van der Waals surface area contributed by atoms with E-state index in [-0.39, 0.29) is 24.8 Å². The Morgan fingerprint density at radius 2 is 1.89 bits per heavy atom. The molecule has 3 rings (SSSR count). The van der Waals surface area contributed by atoms with Gasteiger partial charge in [-0.2, -0.15) is 0 Å². The normalized spacial score (nSPS) is 24.5. The minimum Gasteiger partial charge on any atom is -1.00 e. The maximum atomic E-state index is 2.47. The van der Waals surface area contributed by atoms with E-state index in [4.69, 9.17) is 0 Å². The van der Waals surface area contributed by atoms with Gasteiger partial charge in [0.05, 0.1) is 0 Å². The van der Waals surface area contributed by atoms with E-state index in [0.717, 1.165) is 5.92 Å². The maximum absolute atomic E-state index is 2.47. The van der Waals surface area contributed by atoms with Gasteiger partial charge in [0, 0.05) is 0 Å². The molecule has 0 spiro atoms. The second-order valence-electron chi connectivity index (χ2n) is 5.42. The number of allylic oxidation sites excluding steroid dienone is 8. The number of hydrogen-bond donors (Lipinski definition) is 0. The van der Waals surface area contributed by atoms with Gasteiger partial charge in [-0.1, -0.05) is 0 Å². The van der Waals surface area contributed by atoms with Crippen LogP contribution in [-0.4, -0.2) is 0 Å². The van der Waals surface area contributed by atoms with Crippen molar-refractivity contribution in [3.8, 4) is 0 Å². The predicted octanol–water partition coefficient (Wildman–Crippen LogP) is -1.28. The van der Waals surface area contributed by atoms with Crippen LogP contribution in [-0.2, 0) is 23.2 Å². The monoisotopic (exact) mass is 372 g/mol. The average Bonchev–Trinajstić information content (AvgIpc) is 2.94. The summed E-state index contributed by atoms with van der Waals surface area (Å²) in [5.41, 5.74) is 5.30. The van der Waals surface area contributed by atoms with Gasteiger partial charge in [0.25, 0.3) is 0 Å². The van der Waals surface area contributed by atoms with Crippen LogP contribution in [0.25, 0.3) is 0 Å². The topological polar surface area (TPSA) is 0 Å². The summed E-state index contributed by atoms with van der Waals surface area (Å²) in [7, 11) is 0. The van der Waals surface area contributed by atoms with E-state index in [2.05, 4.69) is 32.1 Å². The van der Waals surface area contributed by atoms with Gasteiger partial charge in [-0.3, -0.25) is 0 Å². The number of hydrogen-bond acceptors (Lipinski definition) is 0. The third-order valence-corrected chi connectivity index (χ3v) is 8.74. The number of rotatable bonds is 2. The Hall–Kier alpha value is 0.423. The summed E-state index contributed by atoms with van der Waals surface area (Å²) in [6, 6.07) is 0. The first kappa shape index (κ1) is 17.5. The minimum atomic E-state index is -0.454. The van der Waals surface area contributed by atoms with Crippen molar-refractivity contribution in [3.05, 3.63) is 41.5 Å². The molecule has 0 aliphatic heterocycles. The summed E-state index contributed by atoms with van der Waals surface area (Å²) in [5, 5.41) is 0. The quantitative estimate of drug-likeness (QED) is 0.565. The van der Waals surface area contributed by atoms with Gasteiger partial charge in [-0.25, -0.2) is 0 Å². The molecule has 0 aromatic heterocycles. The Bertz CT molecular complexity index is 469. The molecule has 3 aliphatic carbocycles. The van der Waals surface area contributed by atoms with Crippen molar-refractivity contribution in [1.29, 1.82) is 0 Å². The first-order valence-electron chi connectivity index (χ1n) is 6.83. The molecule has 0 N–H and O–H groups in total. The van der Waals surface area contributed by atoms with Crippen LogP contribution in [0.5, 0.6) is 0 Å². The van der Waals surface area contributed by atoms with Gasteiger partial charge >= 0.3 is 117 Å². The van der Waals surface area contributed by atoms with Crippen LogP contribution in [0.1, 0.15) is 46.0 Å². The van der Waals surface area contributed by atoms with E-state index in [0.29, 0.717) is 0 Å². The Labute approximate surface area is 140 Å². The van der Waals surface area contributed by atoms with Crippen molar-refractivity contribution in [2.24, 2.45) is 5.92 Å². The molecule has 1 unspecified atom stereocenters. The zero-order valence-electron chi connectivity index (χ0n) is 11.6. The van der Waals surface area contributed by atoms with Crippen LogP contribution in [0, 0.1) is 5.92 Å².